The van der Waals surface area contributed by atoms with Crippen LogP contribution in [0.2, 0.25) is 0 Å². The van der Waals surface area contributed by atoms with E-state index < -0.39 is 0 Å². The van der Waals surface area contributed by atoms with Crippen LogP contribution in [0.5, 0.6) is 0 Å². The Morgan fingerprint density at radius 3 is 2.72 bits per heavy atom. The first-order chi connectivity index (χ1) is 8.60. The lowest BCUT2D eigenvalue weighted by Gasteiger charge is -2.28. The predicted octanol–water partition coefficient (Wildman–Crippen LogP) is 1.04. The van der Waals surface area contributed by atoms with E-state index in [9.17, 15) is 10.1 Å². The van der Waals surface area contributed by atoms with Gasteiger partial charge in [0.05, 0.1) is 4.92 Å². The van der Waals surface area contributed by atoms with Gasteiger partial charge < -0.3 is 16.0 Å². The van der Waals surface area contributed by atoms with Crippen LogP contribution in [0.4, 0.5) is 0 Å². The number of rotatable bonds is 7. The Morgan fingerprint density at radius 1 is 1.50 bits per heavy atom. The average molecular weight is 254 g/mol. The number of nitrogens with one attached hydrogen (secondary N) is 1. The second kappa shape index (κ2) is 7.00. The number of nitrogens with two attached hydrogens (primary N) is 1. The zero-order chi connectivity index (χ0) is 13.5. The lowest BCUT2D eigenvalue weighted by atomic mass is 10.0. The van der Waals surface area contributed by atoms with Crippen molar-refractivity contribution in [3.8, 4) is 0 Å². The van der Waals surface area contributed by atoms with Crippen molar-refractivity contribution in [2.24, 2.45) is 5.73 Å². The van der Waals surface area contributed by atoms with E-state index in [0.29, 0.717) is 18.5 Å². The van der Waals surface area contributed by atoms with Gasteiger partial charge in [-0.1, -0.05) is 6.92 Å². The fourth-order valence-electron chi connectivity index (χ4n) is 2.09. The summed E-state index contributed by atoms with van der Waals surface area (Å²) < 4.78 is 0. The number of allylic oxidation sites excluding steroid dienone is 3. The molecule has 0 aromatic rings. The third-order valence-electron chi connectivity index (χ3n) is 3.03. The average Bonchev–Trinajstić information content (AvgIpc) is 2.33. The summed E-state index contributed by atoms with van der Waals surface area (Å²) >= 11 is 0. The summed E-state index contributed by atoms with van der Waals surface area (Å²) in [7, 11) is 1.92. The van der Waals surface area contributed by atoms with Crippen LogP contribution in [0.15, 0.2) is 23.2 Å². The van der Waals surface area contributed by atoms with E-state index >= 15 is 0 Å². The summed E-state index contributed by atoms with van der Waals surface area (Å²) in [6.07, 6.45) is 3.92. The first kappa shape index (κ1) is 14.5. The zero-order valence-corrected chi connectivity index (χ0v) is 11.1. The van der Waals surface area contributed by atoms with Gasteiger partial charge in [-0.3, -0.25) is 10.1 Å². The van der Waals surface area contributed by atoms with Crippen molar-refractivity contribution < 1.29 is 4.92 Å². The lowest BCUT2D eigenvalue weighted by molar-refractivity contribution is -0.429. The summed E-state index contributed by atoms with van der Waals surface area (Å²) in [6, 6.07) is 0. The van der Waals surface area contributed by atoms with Crippen LogP contribution in [0, 0.1) is 10.1 Å². The highest BCUT2D eigenvalue weighted by molar-refractivity contribution is 5.27. The molecule has 0 heterocycles. The molecule has 0 saturated heterocycles. The molecule has 0 aromatic carbocycles. The van der Waals surface area contributed by atoms with Gasteiger partial charge in [0.2, 0.25) is 0 Å². The Balaban J connectivity index is 2.81. The van der Waals surface area contributed by atoms with Crippen LogP contribution in [-0.4, -0.2) is 36.5 Å². The van der Waals surface area contributed by atoms with Gasteiger partial charge in [-0.25, -0.2) is 0 Å². The summed E-state index contributed by atoms with van der Waals surface area (Å²) in [4.78, 5) is 12.6. The molecule has 18 heavy (non-hydrogen) atoms. The van der Waals surface area contributed by atoms with Crippen molar-refractivity contribution in [1.29, 1.82) is 0 Å². The summed E-state index contributed by atoms with van der Waals surface area (Å²) in [5.41, 5.74) is 7.30. The van der Waals surface area contributed by atoms with Gasteiger partial charge in [-0.2, -0.15) is 0 Å². The molecule has 0 spiro atoms. The van der Waals surface area contributed by atoms with E-state index in [1.807, 2.05) is 7.05 Å². The number of nitro groups is 1. The quantitative estimate of drug-likeness (QED) is 0.524. The molecule has 3 N–H and O–H groups in total. The fraction of sp³-hybridized carbons (Fsp3) is 0.667. The predicted molar refractivity (Wildman–Crippen MR) is 71.3 cm³/mol. The maximum Gasteiger partial charge on any atom is 0.269 e. The van der Waals surface area contributed by atoms with Gasteiger partial charge in [0.15, 0.2) is 0 Å². The van der Waals surface area contributed by atoms with Crippen LogP contribution in [0.3, 0.4) is 0 Å². The van der Waals surface area contributed by atoms with Crippen molar-refractivity contribution in [3.05, 3.63) is 33.3 Å². The molecule has 0 aromatic heterocycles. The second-order valence-electron chi connectivity index (χ2n) is 4.39. The van der Waals surface area contributed by atoms with E-state index in [4.69, 9.17) is 5.73 Å². The minimum atomic E-state index is -0.375. The van der Waals surface area contributed by atoms with Crippen molar-refractivity contribution in [1.82, 2.24) is 10.2 Å². The van der Waals surface area contributed by atoms with Gasteiger partial charge in [-0.05, 0) is 26.0 Å². The Morgan fingerprint density at radius 2 is 2.22 bits per heavy atom. The van der Waals surface area contributed by atoms with E-state index in [1.165, 1.54) is 0 Å². The van der Waals surface area contributed by atoms with Crippen molar-refractivity contribution in [3.63, 3.8) is 0 Å². The molecule has 1 rings (SSSR count). The standard InChI is InChI=1S/C12H22N4O2/c1-3-7-15(8-6-14-2)10-4-5-12(16(17)18)11(13)9-10/h9,14H,3-8,13H2,1-2H3. The summed E-state index contributed by atoms with van der Waals surface area (Å²) in [6.45, 7) is 4.87. The van der Waals surface area contributed by atoms with Crippen LogP contribution >= 0.6 is 0 Å². The van der Waals surface area contributed by atoms with Gasteiger partial charge in [0, 0.05) is 31.8 Å². The number of nitrogens with zero attached hydrogens (tertiary/aromatic N) is 2. The van der Waals surface area contributed by atoms with Gasteiger partial charge in [0.1, 0.15) is 5.70 Å². The van der Waals surface area contributed by atoms with Crippen LogP contribution < -0.4 is 11.1 Å². The molecular formula is C12H22N4O2. The second-order valence-corrected chi connectivity index (χ2v) is 4.39. The topological polar surface area (TPSA) is 84.4 Å². The molecule has 6 heteroatoms. The molecule has 0 fully saturated rings. The molecule has 0 unspecified atom stereocenters. The molecular weight excluding hydrogens is 232 g/mol. The lowest BCUT2D eigenvalue weighted by Crippen LogP contribution is -2.32. The van der Waals surface area contributed by atoms with Gasteiger partial charge in [-0.15, -0.1) is 0 Å². The molecule has 0 saturated carbocycles. The molecule has 0 bridgehead atoms. The Kier molecular flexibility index (Phi) is 5.64. The van der Waals surface area contributed by atoms with Crippen molar-refractivity contribution >= 4 is 0 Å². The SMILES string of the molecule is CCCN(CCNC)C1=CC(N)=C([N+](=O)[O-])CC1. The van der Waals surface area contributed by atoms with Crippen molar-refractivity contribution in [2.45, 2.75) is 26.2 Å². The number of hydrogen-bond acceptors (Lipinski definition) is 5. The Bertz CT molecular complexity index is 363. The van der Waals surface area contributed by atoms with Crippen molar-refractivity contribution in [2.75, 3.05) is 26.7 Å². The van der Waals surface area contributed by atoms with Crippen LogP contribution in [0.1, 0.15) is 26.2 Å². The smallest absolute Gasteiger partial charge is 0.269 e. The number of hydrogen-bond donors (Lipinski definition) is 2. The van der Waals surface area contributed by atoms with E-state index in [1.54, 1.807) is 6.08 Å². The third-order valence-corrected chi connectivity index (χ3v) is 3.03. The molecule has 0 atom stereocenters. The largest absolute Gasteiger partial charge is 0.393 e. The maximum absolute atomic E-state index is 10.8. The van der Waals surface area contributed by atoms with E-state index in [0.717, 1.165) is 31.8 Å². The normalized spacial score (nSPS) is 15.6. The van der Waals surface area contributed by atoms with Gasteiger partial charge in [0.25, 0.3) is 5.70 Å². The fourth-order valence-corrected chi connectivity index (χ4v) is 2.09. The molecule has 102 valence electrons. The molecule has 6 nitrogen and oxygen atoms in total. The third kappa shape index (κ3) is 3.73. The summed E-state index contributed by atoms with van der Waals surface area (Å²) in [5.74, 6) is 0. The first-order valence-electron chi connectivity index (χ1n) is 6.33. The maximum atomic E-state index is 10.8. The van der Waals surface area contributed by atoms with E-state index in [2.05, 4.69) is 17.1 Å². The number of likely N-dealkylation sites (N-methyl/N-ethyl adjacent to an activating group) is 1. The summed E-state index contributed by atoms with van der Waals surface area (Å²) in [5, 5.41) is 13.9. The highest BCUT2D eigenvalue weighted by atomic mass is 16.6. The minimum Gasteiger partial charge on any atom is -0.393 e. The Hall–Kier alpha value is -1.56. The molecule has 0 aliphatic heterocycles. The van der Waals surface area contributed by atoms with Crippen LogP contribution in [0.25, 0.3) is 0 Å². The first-order valence-corrected chi connectivity index (χ1v) is 6.33. The zero-order valence-electron chi connectivity index (χ0n) is 11.1. The molecule has 0 radical (unpaired) electrons. The molecule has 1 aliphatic carbocycles. The Labute approximate surface area is 108 Å². The minimum absolute atomic E-state index is 0.142. The molecule has 0 amide bonds. The highest BCUT2D eigenvalue weighted by Crippen LogP contribution is 2.24. The molecule has 1 aliphatic rings. The highest BCUT2D eigenvalue weighted by Gasteiger charge is 2.22. The van der Waals surface area contributed by atoms with Crippen LogP contribution in [-0.2, 0) is 0 Å². The van der Waals surface area contributed by atoms with Gasteiger partial charge >= 0.3 is 0 Å². The van der Waals surface area contributed by atoms with E-state index in [-0.39, 0.29) is 10.6 Å². The monoisotopic (exact) mass is 254 g/mol.